The summed E-state index contributed by atoms with van der Waals surface area (Å²) in [6.07, 6.45) is 1.55. The van der Waals surface area contributed by atoms with Crippen LogP contribution in [0, 0.1) is 6.92 Å². The SMILES string of the molecule is Cc1sc(-c2ccco2)nc1C(=O)Nc1ccc(C(N)=O)c(Cl)c1. The molecule has 8 heteroatoms. The molecule has 24 heavy (non-hydrogen) atoms. The molecule has 0 saturated heterocycles. The molecule has 3 N–H and O–H groups in total. The maximum atomic E-state index is 12.4. The molecule has 0 saturated carbocycles. The van der Waals surface area contributed by atoms with Gasteiger partial charge in [-0.15, -0.1) is 11.3 Å². The molecule has 2 heterocycles. The predicted octanol–water partition coefficient (Wildman–Crippen LogP) is 3.72. The van der Waals surface area contributed by atoms with Gasteiger partial charge in [-0.1, -0.05) is 11.6 Å². The van der Waals surface area contributed by atoms with Crippen LogP contribution < -0.4 is 11.1 Å². The second-order valence-corrected chi connectivity index (χ2v) is 6.52. The monoisotopic (exact) mass is 361 g/mol. The first kappa shape index (κ1) is 16.2. The average Bonchev–Trinajstić information content (AvgIpc) is 3.15. The molecule has 6 nitrogen and oxygen atoms in total. The molecule has 2 aromatic heterocycles. The number of carbonyl (C=O) groups excluding carboxylic acids is 2. The molecule has 0 aliphatic carbocycles. The zero-order valence-corrected chi connectivity index (χ0v) is 14.1. The molecule has 0 aliphatic heterocycles. The second kappa shape index (κ2) is 6.46. The highest BCUT2D eigenvalue weighted by atomic mass is 35.5. The Balaban J connectivity index is 1.83. The number of hydrogen-bond donors (Lipinski definition) is 2. The molecule has 0 unspecified atom stereocenters. The highest BCUT2D eigenvalue weighted by molar-refractivity contribution is 7.15. The third-order valence-corrected chi connectivity index (χ3v) is 4.53. The van der Waals surface area contributed by atoms with E-state index in [-0.39, 0.29) is 16.5 Å². The van der Waals surface area contributed by atoms with Crippen LogP contribution in [0.3, 0.4) is 0 Å². The molecule has 3 rings (SSSR count). The van der Waals surface area contributed by atoms with Gasteiger partial charge in [-0.2, -0.15) is 0 Å². The van der Waals surface area contributed by atoms with Gasteiger partial charge in [0.15, 0.2) is 10.8 Å². The van der Waals surface area contributed by atoms with Crippen molar-refractivity contribution in [2.24, 2.45) is 5.73 Å². The van der Waals surface area contributed by atoms with E-state index in [4.69, 9.17) is 21.8 Å². The lowest BCUT2D eigenvalue weighted by molar-refractivity contribution is 0.0998. The van der Waals surface area contributed by atoms with Crippen molar-refractivity contribution >= 4 is 40.4 Å². The van der Waals surface area contributed by atoms with Crippen LogP contribution in [0.25, 0.3) is 10.8 Å². The van der Waals surface area contributed by atoms with Crippen LogP contribution in [0.1, 0.15) is 25.7 Å². The fourth-order valence-corrected chi connectivity index (χ4v) is 3.25. The van der Waals surface area contributed by atoms with E-state index < -0.39 is 5.91 Å². The molecule has 0 bridgehead atoms. The number of furan rings is 1. The number of nitrogens with one attached hydrogen (secondary N) is 1. The van der Waals surface area contributed by atoms with E-state index in [1.54, 1.807) is 24.5 Å². The fraction of sp³-hybridized carbons (Fsp3) is 0.0625. The van der Waals surface area contributed by atoms with E-state index in [0.717, 1.165) is 4.88 Å². The summed E-state index contributed by atoms with van der Waals surface area (Å²) >= 11 is 7.35. The Morgan fingerprint density at radius 2 is 2.12 bits per heavy atom. The number of aryl methyl sites for hydroxylation is 1. The van der Waals surface area contributed by atoms with E-state index in [2.05, 4.69) is 10.3 Å². The Morgan fingerprint density at radius 3 is 2.75 bits per heavy atom. The van der Waals surface area contributed by atoms with Crippen LogP contribution >= 0.6 is 22.9 Å². The molecule has 1 aromatic carbocycles. The number of anilines is 1. The fourth-order valence-electron chi connectivity index (χ4n) is 2.10. The quantitative estimate of drug-likeness (QED) is 0.739. The molecular weight excluding hydrogens is 350 g/mol. The number of carbonyl (C=O) groups is 2. The van der Waals surface area contributed by atoms with Crippen LogP contribution in [0.5, 0.6) is 0 Å². The van der Waals surface area contributed by atoms with Crippen molar-refractivity contribution in [3.8, 4) is 10.8 Å². The van der Waals surface area contributed by atoms with Crippen LogP contribution in [-0.2, 0) is 0 Å². The van der Waals surface area contributed by atoms with Crippen molar-refractivity contribution in [1.82, 2.24) is 4.98 Å². The summed E-state index contributed by atoms with van der Waals surface area (Å²) < 4.78 is 5.29. The van der Waals surface area contributed by atoms with Gasteiger partial charge in [-0.05, 0) is 37.3 Å². The highest BCUT2D eigenvalue weighted by Gasteiger charge is 2.18. The molecule has 2 amide bonds. The number of rotatable bonds is 4. The molecule has 3 aromatic rings. The lowest BCUT2D eigenvalue weighted by Gasteiger charge is -2.06. The topological polar surface area (TPSA) is 98.2 Å². The Labute approximate surface area is 146 Å². The summed E-state index contributed by atoms with van der Waals surface area (Å²) in [6, 6.07) is 8.02. The van der Waals surface area contributed by atoms with Gasteiger partial charge in [0.05, 0.1) is 16.8 Å². The van der Waals surface area contributed by atoms with Gasteiger partial charge in [0.2, 0.25) is 5.91 Å². The Morgan fingerprint density at radius 1 is 1.33 bits per heavy atom. The van der Waals surface area contributed by atoms with Gasteiger partial charge >= 0.3 is 0 Å². The van der Waals surface area contributed by atoms with E-state index in [1.807, 2.05) is 6.92 Å². The number of halogens is 1. The number of nitrogens with two attached hydrogens (primary N) is 1. The predicted molar refractivity (Wildman–Crippen MR) is 92.5 cm³/mol. The average molecular weight is 362 g/mol. The van der Waals surface area contributed by atoms with Crippen LogP contribution in [-0.4, -0.2) is 16.8 Å². The standard InChI is InChI=1S/C16H12ClN3O3S/c1-8-13(20-16(24-8)12-3-2-6-23-12)15(22)19-9-4-5-10(14(18)21)11(17)7-9/h2-7H,1H3,(H2,18,21)(H,19,22). The smallest absolute Gasteiger partial charge is 0.275 e. The number of primary amides is 1. The lowest BCUT2D eigenvalue weighted by atomic mass is 10.2. The van der Waals surface area contributed by atoms with Crippen molar-refractivity contribution in [3.63, 3.8) is 0 Å². The Hall–Kier alpha value is -2.64. The molecule has 122 valence electrons. The zero-order chi connectivity index (χ0) is 17.3. The minimum Gasteiger partial charge on any atom is -0.462 e. The molecule has 0 radical (unpaired) electrons. The van der Waals surface area contributed by atoms with Gasteiger partial charge in [-0.3, -0.25) is 9.59 Å². The van der Waals surface area contributed by atoms with E-state index in [1.165, 1.54) is 23.5 Å². The second-order valence-electron chi connectivity index (χ2n) is 4.91. The number of benzene rings is 1. The third-order valence-electron chi connectivity index (χ3n) is 3.24. The maximum absolute atomic E-state index is 12.4. The van der Waals surface area contributed by atoms with Crippen molar-refractivity contribution in [2.45, 2.75) is 6.92 Å². The summed E-state index contributed by atoms with van der Waals surface area (Å²) in [5, 5.41) is 3.50. The van der Waals surface area contributed by atoms with E-state index in [0.29, 0.717) is 22.1 Å². The van der Waals surface area contributed by atoms with Crippen molar-refractivity contribution < 1.29 is 14.0 Å². The van der Waals surface area contributed by atoms with E-state index in [9.17, 15) is 9.59 Å². The van der Waals surface area contributed by atoms with Gasteiger partial charge < -0.3 is 15.5 Å². The largest absolute Gasteiger partial charge is 0.462 e. The first-order chi connectivity index (χ1) is 11.5. The van der Waals surface area contributed by atoms with Gasteiger partial charge in [0.1, 0.15) is 5.69 Å². The third kappa shape index (κ3) is 3.17. The van der Waals surface area contributed by atoms with Gasteiger partial charge in [0.25, 0.3) is 5.91 Å². The minimum atomic E-state index is -0.628. The lowest BCUT2D eigenvalue weighted by Crippen LogP contribution is -2.15. The van der Waals surface area contributed by atoms with Crippen LogP contribution in [0.2, 0.25) is 5.02 Å². The summed E-state index contributed by atoms with van der Waals surface area (Å²) in [5.74, 6) is -0.392. The molecule has 0 atom stereocenters. The van der Waals surface area contributed by atoms with E-state index >= 15 is 0 Å². The number of amides is 2. The number of nitrogens with zero attached hydrogens (tertiary/aromatic N) is 1. The van der Waals surface area contributed by atoms with Crippen molar-refractivity contribution in [1.29, 1.82) is 0 Å². The Kier molecular flexibility index (Phi) is 4.37. The highest BCUT2D eigenvalue weighted by Crippen LogP contribution is 2.28. The molecule has 0 spiro atoms. The summed E-state index contributed by atoms with van der Waals surface area (Å²) in [6.45, 7) is 1.81. The molecule has 0 aliphatic rings. The molecule has 0 fully saturated rings. The maximum Gasteiger partial charge on any atom is 0.275 e. The first-order valence-electron chi connectivity index (χ1n) is 6.87. The van der Waals surface area contributed by atoms with Gasteiger partial charge in [0, 0.05) is 10.6 Å². The number of thiazole rings is 1. The summed E-state index contributed by atoms with van der Waals surface area (Å²) in [4.78, 5) is 28.7. The number of aromatic nitrogens is 1. The first-order valence-corrected chi connectivity index (χ1v) is 8.07. The van der Waals surface area contributed by atoms with Crippen molar-refractivity contribution in [2.75, 3.05) is 5.32 Å². The zero-order valence-electron chi connectivity index (χ0n) is 12.5. The Bertz CT molecular complexity index is 919. The number of hydrogen-bond acceptors (Lipinski definition) is 5. The normalized spacial score (nSPS) is 10.6. The summed E-state index contributed by atoms with van der Waals surface area (Å²) in [5.41, 5.74) is 6.15. The van der Waals surface area contributed by atoms with Gasteiger partial charge in [-0.25, -0.2) is 4.98 Å². The van der Waals surface area contributed by atoms with Crippen LogP contribution in [0.4, 0.5) is 5.69 Å². The van der Waals surface area contributed by atoms with Crippen LogP contribution in [0.15, 0.2) is 41.0 Å². The summed E-state index contributed by atoms with van der Waals surface area (Å²) in [7, 11) is 0. The molecular formula is C16H12ClN3O3S. The minimum absolute atomic E-state index is 0.173. The van der Waals surface area contributed by atoms with Crippen molar-refractivity contribution in [3.05, 3.63) is 57.8 Å².